The molecule has 0 fully saturated rings. The van der Waals surface area contributed by atoms with Crippen molar-refractivity contribution in [2.75, 3.05) is 0 Å². The van der Waals surface area contributed by atoms with Crippen molar-refractivity contribution in [3.05, 3.63) is 126 Å². The third-order valence-electron chi connectivity index (χ3n) is 4.90. The molecule has 0 unspecified atom stereocenters. The van der Waals surface area contributed by atoms with Gasteiger partial charge in [-0.3, -0.25) is 0 Å². The molecular weight excluding hydrogens is 423 g/mol. The third-order valence-corrected chi connectivity index (χ3v) is 8.06. The Morgan fingerprint density at radius 1 is 0.500 bits per heavy atom. The molecule has 28 heavy (non-hydrogen) atoms. The molecule has 0 atom stereocenters. The molecule has 0 aliphatic rings. The monoisotopic (exact) mass is 444 g/mol. The number of alkyl halides is 1. The van der Waals surface area contributed by atoms with Crippen molar-refractivity contribution in [1.29, 1.82) is 0 Å². The van der Waals surface area contributed by atoms with E-state index in [0.717, 1.165) is 11.8 Å². The number of rotatable bonds is 6. The van der Waals surface area contributed by atoms with Crippen molar-refractivity contribution in [3.63, 3.8) is 0 Å². The van der Waals surface area contributed by atoms with Crippen LogP contribution in [0, 0.1) is 0 Å². The van der Waals surface area contributed by atoms with Gasteiger partial charge in [-0.1, -0.05) is 125 Å². The highest BCUT2D eigenvalue weighted by Gasteiger charge is 2.19. The summed E-state index contributed by atoms with van der Waals surface area (Å²) in [6.07, 6.45) is 0.955. The van der Waals surface area contributed by atoms with Gasteiger partial charge in [0.25, 0.3) is 0 Å². The normalized spacial score (nSPS) is 10.9. The van der Waals surface area contributed by atoms with Crippen molar-refractivity contribution >= 4 is 39.8 Å². The van der Waals surface area contributed by atoms with E-state index < -0.39 is 7.92 Å². The van der Waals surface area contributed by atoms with Crippen LogP contribution < -0.4 is 15.9 Å². The summed E-state index contributed by atoms with van der Waals surface area (Å²) >= 11 is 3.65. The third kappa shape index (κ3) is 4.27. The second-order valence-electron chi connectivity index (χ2n) is 6.71. The Labute approximate surface area is 177 Å². The van der Waals surface area contributed by atoms with Gasteiger partial charge in [0, 0.05) is 5.33 Å². The molecule has 0 saturated carbocycles. The number of benzene rings is 4. The lowest BCUT2D eigenvalue weighted by molar-refractivity contribution is 1.16. The van der Waals surface area contributed by atoms with Crippen molar-refractivity contribution in [2.45, 2.75) is 11.8 Å². The fraction of sp³-hybridized carbons (Fsp3) is 0.0769. The van der Waals surface area contributed by atoms with E-state index >= 15 is 0 Å². The molecule has 0 N–H and O–H groups in total. The minimum Gasteiger partial charge on any atom is -0.0876 e. The minimum absolute atomic E-state index is 0.589. The highest BCUT2D eigenvalue weighted by atomic mass is 79.9. The molecule has 0 aliphatic carbocycles. The predicted molar refractivity (Wildman–Crippen MR) is 127 cm³/mol. The standard InChI is InChI=1S/C26H22BrP/c27-20-23-13-8-7-11-21(23)19-22-12-9-10-18-26(22)28(24-14-3-1-4-15-24)25-16-5-2-6-17-25/h1-18H,19-20H2. The Morgan fingerprint density at radius 2 is 0.964 bits per heavy atom. The predicted octanol–water partition coefficient (Wildman–Crippen LogP) is 5.93. The summed E-state index contributed by atoms with van der Waals surface area (Å²) in [5.74, 6) is 0. The van der Waals surface area contributed by atoms with Gasteiger partial charge in [0.05, 0.1) is 0 Å². The summed E-state index contributed by atoms with van der Waals surface area (Å²) in [5, 5.41) is 5.12. The van der Waals surface area contributed by atoms with Gasteiger partial charge in [-0.05, 0) is 46.9 Å². The van der Waals surface area contributed by atoms with Crippen LogP contribution in [0.4, 0.5) is 0 Å². The molecule has 4 aromatic rings. The smallest absolute Gasteiger partial charge is 0.0285 e. The quantitative estimate of drug-likeness (QED) is 0.255. The van der Waals surface area contributed by atoms with Gasteiger partial charge in [-0.15, -0.1) is 0 Å². The van der Waals surface area contributed by atoms with Gasteiger partial charge in [0.2, 0.25) is 0 Å². The van der Waals surface area contributed by atoms with Crippen LogP contribution in [0.1, 0.15) is 16.7 Å². The average Bonchev–Trinajstić information content (AvgIpc) is 2.77. The fourth-order valence-electron chi connectivity index (χ4n) is 3.53. The number of hydrogen-bond acceptors (Lipinski definition) is 0. The lowest BCUT2D eigenvalue weighted by Gasteiger charge is -2.22. The van der Waals surface area contributed by atoms with E-state index in [2.05, 4.69) is 125 Å². The highest BCUT2D eigenvalue weighted by molar-refractivity contribution is 9.08. The van der Waals surface area contributed by atoms with E-state index in [1.54, 1.807) is 0 Å². The van der Waals surface area contributed by atoms with Crippen LogP contribution in [0.25, 0.3) is 0 Å². The molecule has 0 saturated heterocycles. The second-order valence-corrected chi connectivity index (χ2v) is 9.46. The van der Waals surface area contributed by atoms with Crippen LogP contribution >= 0.6 is 23.9 Å². The Kier molecular flexibility index (Phi) is 6.37. The lowest BCUT2D eigenvalue weighted by Crippen LogP contribution is -2.23. The summed E-state index contributed by atoms with van der Waals surface area (Å²) < 4.78 is 0. The van der Waals surface area contributed by atoms with Crippen LogP contribution in [0.15, 0.2) is 109 Å². The highest BCUT2D eigenvalue weighted by Crippen LogP contribution is 2.34. The van der Waals surface area contributed by atoms with Gasteiger partial charge in [0.1, 0.15) is 0 Å². The minimum atomic E-state index is -0.589. The first kappa shape index (κ1) is 19.1. The summed E-state index contributed by atoms with van der Waals surface area (Å²) in [6, 6.07) is 39.5. The zero-order valence-corrected chi connectivity index (χ0v) is 18.1. The van der Waals surface area contributed by atoms with Crippen LogP contribution in [0.3, 0.4) is 0 Å². The molecule has 0 heterocycles. The molecular formula is C26H22BrP. The van der Waals surface area contributed by atoms with Crippen LogP contribution in [0.2, 0.25) is 0 Å². The second kappa shape index (κ2) is 9.32. The Hall–Kier alpha value is -2.21. The van der Waals surface area contributed by atoms with Crippen molar-refractivity contribution in [3.8, 4) is 0 Å². The maximum absolute atomic E-state index is 3.65. The number of halogens is 1. The maximum Gasteiger partial charge on any atom is 0.0285 e. The van der Waals surface area contributed by atoms with E-state index in [9.17, 15) is 0 Å². The Balaban J connectivity index is 1.82. The fourth-order valence-corrected chi connectivity index (χ4v) is 6.54. The lowest BCUT2D eigenvalue weighted by atomic mass is 10.0. The zero-order valence-electron chi connectivity index (χ0n) is 15.6. The van der Waals surface area contributed by atoms with E-state index in [0.29, 0.717) is 0 Å². The van der Waals surface area contributed by atoms with Crippen LogP contribution in [0.5, 0.6) is 0 Å². The molecule has 4 aromatic carbocycles. The molecule has 0 bridgehead atoms. The van der Waals surface area contributed by atoms with Gasteiger partial charge >= 0.3 is 0 Å². The van der Waals surface area contributed by atoms with E-state index in [1.807, 2.05) is 0 Å². The van der Waals surface area contributed by atoms with Crippen molar-refractivity contribution < 1.29 is 0 Å². The largest absolute Gasteiger partial charge is 0.0876 e. The summed E-state index contributed by atoms with van der Waals surface area (Å²) in [6.45, 7) is 0. The molecule has 0 nitrogen and oxygen atoms in total. The molecule has 0 radical (unpaired) electrons. The molecule has 4 rings (SSSR count). The van der Waals surface area contributed by atoms with E-state index in [4.69, 9.17) is 0 Å². The summed E-state index contributed by atoms with van der Waals surface area (Å²) in [5.41, 5.74) is 4.17. The van der Waals surface area contributed by atoms with Gasteiger partial charge < -0.3 is 0 Å². The average molecular weight is 445 g/mol. The molecule has 0 aliphatic heterocycles. The molecule has 138 valence electrons. The maximum atomic E-state index is 3.65. The first-order chi connectivity index (χ1) is 13.9. The van der Waals surface area contributed by atoms with Crippen molar-refractivity contribution in [1.82, 2.24) is 0 Å². The van der Waals surface area contributed by atoms with Crippen LogP contribution in [-0.4, -0.2) is 0 Å². The molecule has 2 heteroatoms. The van der Waals surface area contributed by atoms with E-state index in [-0.39, 0.29) is 0 Å². The molecule has 0 amide bonds. The zero-order chi connectivity index (χ0) is 19.2. The SMILES string of the molecule is BrCc1ccccc1Cc1ccccc1P(c1ccccc1)c1ccccc1. The van der Waals surface area contributed by atoms with Gasteiger partial charge in [-0.25, -0.2) is 0 Å². The Bertz CT molecular complexity index is 989. The van der Waals surface area contributed by atoms with Gasteiger partial charge in [0.15, 0.2) is 0 Å². The topological polar surface area (TPSA) is 0 Å². The van der Waals surface area contributed by atoms with Gasteiger partial charge in [-0.2, -0.15) is 0 Å². The molecule has 0 spiro atoms. The van der Waals surface area contributed by atoms with Crippen LogP contribution in [-0.2, 0) is 11.8 Å². The van der Waals surface area contributed by atoms with Crippen molar-refractivity contribution in [2.24, 2.45) is 0 Å². The van der Waals surface area contributed by atoms with E-state index in [1.165, 1.54) is 32.6 Å². The molecule has 0 aromatic heterocycles. The first-order valence-corrected chi connectivity index (χ1v) is 11.9. The summed E-state index contributed by atoms with van der Waals surface area (Å²) in [7, 11) is -0.589. The first-order valence-electron chi connectivity index (χ1n) is 9.47. The Morgan fingerprint density at radius 3 is 1.54 bits per heavy atom. The number of hydrogen-bond donors (Lipinski definition) is 0. The summed E-state index contributed by atoms with van der Waals surface area (Å²) in [4.78, 5) is 0.